The Morgan fingerprint density at radius 3 is 2.85 bits per heavy atom. The smallest absolute Gasteiger partial charge is 0.123 e. The molecule has 0 unspecified atom stereocenters. The number of benzene rings is 2. The molecule has 0 spiro atoms. The van der Waals surface area contributed by atoms with Crippen molar-refractivity contribution in [3.8, 4) is 0 Å². The highest BCUT2D eigenvalue weighted by Crippen LogP contribution is 2.17. The third kappa shape index (κ3) is 2.28. The standard InChI is InChI=1S/C15H12FN3S/c16-12-6-5-11(13(7-12)15(17)20)9-19-14-4-2-1-3-10(14)8-18-19/h1-8H,9H2,(H2,17,20). The van der Waals surface area contributed by atoms with Gasteiger partial charge in [-0.3, -0.25) is 4.68 Å². The first-order chi connectivity index (χ1) is 9.65. The lowest BCUT2D eigenvalue weighted by atomic mass is 10.1. The topological polar surface area (TPSA) is 43.8 Å². The molecule has 2 aromatic carbocycles. The first-order valence-corrected chi connectivity index (χ1v) is 6.55. The van der Waals surface area contributed by atoms with E-state index in [-0.39, 0.29) is 10.8 Å². The zero-order valence-corrected chi connectivity index (χ0v) is 11.4. The van der Waals surface area contributed by atoms with Crippen molar-refractivity contribution in [1.29, 1.82) is 0 Å². The molecule has 20 heavy (non-hydrogen) atoms. The normalized spacial score (nSPS) is 10.8. The van der Waals surface area contributed by atoms with Gasteiger partial charge >= 0.3 is 0 Å². The minimum Gasteiger partial charge on any atom is -0.389 e. The lowest BCUT2D eigenvalue weighted by Crippen LogP contribution is -2.15. The highest BCUT2D eigenvalue weighted by molar-refractivity contribution is 7.80. The Kier molecular flexibility index (Phi) is 3.20. The van der Waals surface area contributed by atoms with Gasteiger partial charge in [0, 0.05) is 10.9 Å². The molecule has 2 N–H and O–H groups in total. The van der Waals surface area contributed by atoms with Crippen molar-refractivity contribution in [1.82, 2.24) is 9.78 Å². The molecule has 0 atom stereocenters. The van der Waals surface area contributed by atoms with Gasteiger partial charge in [-0.15, -0.1) is 0 Å². The zero-order chi connectivity index (χ0) is 14.1. The predicted octanol–water partition coefficient (Wildman–Crippen LogP) is 2.86. The second kappa shape index (κ2) is 5.02. The Labute approximate surface area is 120 Å². The molecular weight excluding hydrogens is 273 g/mol. The fourth-order valence-electron chi connectivity index (χ4n) is 2.23. The SMILES string of the molecule is NC(=S)c1cc(F)ccc1Cn1ncc2ccccc21. The third-order valence-electron chi connectivity index (χ3n) is 3.21. The van der Waals surface area contributed by atoms with Crippen LogP contribution >= 0.6 is 12.2 Å². The summed E-state index contributed by atoms with van der Waals surface area (Å²) < 4.78 is 15.2. The molecule has 3 aromatic rings. The lowest BCUT2D eigenvalue weighted by Gasteiger charge is -2.09. The maximum Gasteiger partial charge on any atom is 0.123 e. The Balaban J connectivity index is 2.05. The molecule has 0 amide bonds. The average molecular weight is 285 g/mol. The number of hydrogen-bond donors (Lipinski definition) is 1. The molecule has 0 radical (unpaired) electrons. The van der Waals surface area contributed by atoms with Crippen molar-refractivity contribution in [3.63, 3.8) is 0 Å². The van der Waals surface area contributed by atoms with Gasteiger partial charge in [0.25, 0.3) is 0 Å². The van der Waals surface area contributed by atoms with Crippen molar-refractivity contribution >= 4 is 28.1 Å². The summed E-state index contributed by atoms with van der Waals surface area (Å²) in [6.07, 6.45) is 1.80. The largest absolute Gasteiger partial charge is 0.389 e. The van der Waals surface area contributed by atoms with Gasteiger partial charge in [-0.05, 0) is 23.8 Å². The fraction of sp³-hybridized carbons (Fsp3) is 0.0667. The first-order valence-electron chi connectivity index (χ1n) is 6.14. The minimum atomic E-state index is -0.345. The molecule has 0 saturated heterocycles. The Bertz CT molecular complexity index is 795. The molecule has 3 rings (SSSR count). The van der Waals surface area contributed by atoms with E-state index in [0.29, 0.717) is 12.1 Å². The van der Waals surface area contributed by atoms with Crippen LogP contribution in [0, 0.1) is 5.82 Å². The van der Waals surface area contributed by atoms with Crippen molar-refractivity contribution in [3.05, 3.63) is 65.6 Å². The number of halogens is 1. The van der Waals surface area contributed by atoms with Crippen molar-refractivity contribution in [2.45, 2.75) is 6.54 Å². The van der Waals surface area contributed by atoms with Gasteiger partial charge in [0.2, 0.25) is 0 Å². The van der Waals surface area contributed by atoms with Crippen LogP contribution in [0.1, 0.15) is 11.1 Å². The van der Waals surface area contributed by atoms with Crippen LogP contribution in [-0.4, -0.2) is 14.8 Å². The molecule has 0 bridgehead atoms. The van der Waals surface area contributed by atoms with Gasteiger partial charge in [-0.25, -0.2) is 4.39 Å². The van der Waals surface area contributed by atoms with Crippen molar-refractivity contribution in [2.24, 2.45) is 5.73 Å². The monoisotopic (exact) mass is 285 g/mol. The Morgan fingerprint density at radius 2 is 2.05 bits per heavy atom. The first kappa shape index (κ1) is 12.7. The van der Waals surface area contributed by atoms with Crippen LogP contribution in [0.2, 0.25) is 0 Å². The van der Waals surface area contributed by atoms with E-state index >= 15 is 0 Å². The van der Waals surface area contributed by atoms with Gasteiger partial charge in [-0.2, -0.15) is 5.10 Å². The Morgan fingerprint density at radius 1 is 1.25 bits per heavy atom. The summed E-state index contributed by atoms with van der Waals surface area (Å²) in [4.78, 5) is 0.191. The van der Waals surface area contributed by atoms with Gasteiger partial charge in [0.15, 0.2) is 0 Å². The second-order valence-electron chi connectivity index (χ2n) is 4.53. The highest BCUT2D eigenvalue weighted by atomic mass is 32.1. The molecule has 100 valence electrons. The number of fused-ring (bicyclic) bond motifs is 1. The number of thiocarbonyl (C=S) groups is 1. The molecule has 0 saturated carbocycles. The third-order valence-corrected chi connectivity index (χ3v) is 3.43. The summed E-state index contributed by atoms with van der Waals surface area (Å²) in [5, 5.41) is 5.41. The summed E-state index contributed by atoms with van der Waals surface area (Å²) in [5.74, 6) is -0.345. The van der Waals surface area contributed by atoms with E-state index in [2.05, 4.69) is 5.10 Å². The molecule has 0 aliphatic heterocycles. The van der Waals surface area contributed by atoms with Crippen LogP contribution in [0.3, 0.4) is 0 Å². The molecule has 0 fully saturated rings. The fourth-order valence-corrected chi connectivity index (χ4v) is 2.42. The van der Waals surface area contributed by atoms with Crippen LogP contribution < -0.4 is 5.73 Å². The molecule has 5 heteroatoms. The second-order valence-corrected chi connectivity index (χ2v) is 4.97. The van der Waals surface area contributed by atoms with Crippen LogP contribution in [0.15, 0.2) is 48.7 Å². The predicted molar refractivity (Wildman–Crippen MR) is 81.1 cm³/mol. The van der Waals surface area contributed by atoms with Crippen LogP contribution in [0.4, 0.5) is 4.39 Å². The van der Waals surface area contributed by atoms with E-state index in [4.69, 9.17) is 18.0 Å². The van der Waals surface area contributed by atoms with Crippen LogP contribution in [0.25, 0.3) is 10.9 Å². The van der Waals surface area contributed by atoms with E-state index in [1.165, 1.54) is 12.1 Å². The number of nitrogens with two attached hydrogens (primary N) is 1. The van der Waals surface area contributed by atoms with Crippen molar-refractivity contribution < 1.29 is 4.39 Å². The maximum atomic E-state index is 13.3. The molecule has 0 aliphatic rings. The van der Waals surface area contributed by atoms with Gasteiger partial charge in [0.1, 0.15) is 10.8 Å². The van der Waals surface area contributed by atoms with Gasteiger partial charge in [-0.1, -0.05) is 36.5 Å². The van der Waals surface area contributed by atoms with E-state index < -0.39 is 0 Å². The average Bonchev–Trinajstić information content (AvgIpc) is 2.84. The molecular formula is C15H12FN3S. The summed E-state index contributed by atoms with van der Waals surface area (Å²) >= 11 is 4.98. The molecule has 1 heterocycles. The molecule has 1 aromatic heterocycles. The quantitative estimate of drug-likeness (QED) is 0.753. The van der Waals surface area contributed by atoms with Gasteiger partial charge < -0.3 is 5.73 Å². The summed E-state index contributed by atoms with van der Waals surface area (Å²) in [5.41, 5.74) is 8.09. The van der Waals surface area contributed by atoms with E-state index in [9.17, 15) is 4.39 Å². The van der Waals surface area contributed by atoms with Crippen LogP contribution in [0.5, 0.6) is 0 Å². The van der Waals surface area contributed by atoms with E-state index in [1.807, 2.05) is 28.9 Å². The number of nitrogens with zero attached hydrogens (tertiary/aromatic N) is 2. The van der Waals surface area contributed by atoms with Gasteiger partial charge in [0.05, 0.1) is 18.3 Å². The summed E-state index contributed by atoms with van der Waals surface area (Å²) in [6.45, 7) is 0.500. The number of hydrogen-bond acceptors (Lipinski definition) is 2. The maximum absolute atomic E-state index is 13.3. The Hall–Kier alpha value is -2.27. The van der Waals surface area contributed by atoms with Crippen molar-refractivity contribution in [2.75, 3.05) is 0 Å². The lowest BCUT2D eigenvalue weighted by molar-refractivity contribution is 0.625. The number of para-hydroxylation sites is 1. The van der Waals surface area contributed by atoms with E-state index in [1.54, 1.807) is 12.3 Å². The minimum absolute atomic E-state index is 0.191. The highest BCUT2D eigenvalue weighted by Gasteiger charge is 2.09. The van der Waals surface area contributed by atoms with Crippen LogP contribution in [-0.2, 0) is 6.54 Å². The number of rotatable bonds is 3. The molecule has 0 aliphatic carbocycles. The zero-order valence-electron chi connectivity index (χ0n) is 10.6. The number of aromatic nitrogens is 2. The summed E-state index contributed by atoms with van der Waals surface area (Å²) in [7, 11) is 0. The van der Waals surface area contributed by atoms with E-state index in [0.717, 1.165) is 16.5 Å². The summed E-state index contributed by atoms with van der Waals surface area (Å²) in [6, 6.07) is 12.4. The molecule has 3 nitrogen and oxygen atoms in total.